The van der Waals surface area contributed by atoms with E-state index in [1.54, 1.807) is 18.3 Å². The normalized spacial score (nSPS) is 16.0. The van der Waals surface area contributed by atoms with Gasteiger partial charge in [-0.15, -0.1) is 10.2 Å². The van der Waals surface area contributed by atoms with Crippen molar-refractivity contribution in [2.75, 3.05) is 12.4 Å². The van der Waals surface area contributed by atoms with Crippen molar-refractivity contribution < 1.29 is 13.9 Å². The predicted octanol–water partition coefficient (Wildman–Crippen LogP) is 5.28. The molecule has 170 valence electrons. The van der Waals surface area contributed by atoms with Gasteiger partial charge < -0.3 is 9.72 Å². The number of halogens is 1. The summed E-state index contributed by atoms with van der Waals surface area (Å²) in [4.78, 5) is 16.4. The summed E-state index contributed by atoms with van der Waals surface area (Å²) in [6, 6.07) is 12.3. The molecule has 1 saturated heterocycles. The van der Waals surface area contributed by atoms with Gasteiger partial charge in [-0.25, -0.2) is 4.39 Å². The quantitative estimate of drug-likeness (QED) is 0.284. The number of carbonyl (C=O) groups excluding carboxylic acids is 1. The Morgan fingerprint density at radius 3 is 2.85 bits per heavy atom. The first-order valence-electron chi connectivity index (χ1n) is 11.2. The number of para-hydroxylation sites is 1. The third-order valence-electron chi connectivity index (χ3n) is 6.04. The van der Waals surface area contributed by atoms with Gasteiger partial charge in [0.1, 0.15) is 5.82 Å². The number of ether oxygens (including phenoxy) is 1. The monoisotopic (exact) mass is 464 g/mol. The third kappa shape index (κ3) is 4.45. The van der Waals surface area contributed by atoms with Crippen LogP contribution in [-0.4, -0.2) is 44.0 Å². The van der Waals surface area contributed by atoms with Crippen LogP contribution >= 0.6 is 11.8 Å². The molecule has 8 heteroatoms. The maximum absolute atomic E-state index is 13.4. The summed E-state index contributed by atoms with van der Waals surface area (Å²) in [5.74, 6) is 0.639. The van der Waals surface area contributed by atoms with E-state index in [0.717, 1.165) is 42.3 Å². The fourth-order valence-corrected chi connectivity index (χ4v) is 5.15. The van der Waals surface area contributed by atoms with Crippen molar-refractivity contribution in [1.82, 2.24) is 19.7 Å². The van der Waals surface area contributed by atoms with Crippen molar-refractivity contribution in [3.05, 3.63) is 65.6 Å². The van der Waals surface area contributed by atoms with Gasteiger partial charge in [0.25, 0.3) is 0 Å². The van der Waals surface area contributed by atoms with E-state index >= 15 is 0 Å². The predicted molar refractivity (Wildman–Crippen MR) is 127 cm³/mol. The number of benzene rings is 2. The van der Waals surface area contributed by atoms with Gasteiger partial charge in [-0.2, -0.15) is 0 Å². The molecule has 0 amide bonds. The third-order valence-corrected chi connectivity index (χ3v) is 7.01. The first kappa shape index (κ1) is 21.9. The standard InChI is InChI=1S/C25H25FN4O2S/c1-2-16-5-3-7-20-21(13-27-23(16)20)22(31)15-33-25-29-28-24(17-8-10-18(26)11-9-17)30(25)14-19-6-4-12-32-19/h3,5,7-11,13,19,27H,2,4,6,12,14-15H2,1H3. The molecule has 0 saturated carbocycles. The molecule has 5 rings (SSSR count). The average Bonchev–Trinajstić information content (AvgIpc) is 3.58. The highest BCUT2D eigenvalue weighted by Gasteiger charge is 2.23. The smallest absolute Gasteiger partial charge is 0.192 e. The lowest BCUT2D eigenvalue weighted by Gasteiger charge is -2.14. The summed E-state index contributed by atoms with van der Waals surface area (Å²) in [6.07, 6.45) is 4.78. The zero-order valence-corrected chi connectivity index (χ0v) is 19.2. The van der Waals surface area contributed by atoms with E-state index in [9.17, 15) is 9.18 Å². The van der Waals surface area contributed by atoms with Gasteiger partial charge in [-0.05, 0) is 49.1 Å². The topological polar surface area (TPSA) is 72.8 Å². The minimum absolute atomic E-state index is 0.0366. The molecule has 0 bridgehead atoms. The van der Waals surface area contributed by atoms with E-state index in [0.29, 0.717) is 23.1 Å². The fourth-order valence-electron chi connectivity index (χ4n) is 4.31. The Balaban J connectivity index is 1.40. The van der Waals surface area contributed by atoms with E-state index in [4.69, 9.17) is 4.74 Å². The van der Waals surface area contributed by atoms with Crippen molar-refractivity contribution in [2.24, 2.45) is 0 Å². The minimum Gasteiger partial charge on any atom is -0.376 e. The summed E-state index contributed by atoms with van der Waals surface area (Å²) in [7, 11) is 0. The molecule has 1 unspecified atom stereocenters. The number of H-pyrrole nitrogens is 1. The summed E-state index contributed by atoms with van der Waals surface area (Å²) >= 11 is 1.37. The first-order valence-corrected chi connectivity index (χ1v) is 12.2. The van der Waals surface area contributed by atoms with Gasteiger partial charge in [-0.3, -0.25) is 9.36 Å². The number of aromatic nitrogens is 4. The summed E-state index contributed by atoms with van der Waals surface area (Å²) < 4.78 is 21.3. The molecule has 0 aliphatic carbocycles. The number of rotatable bonds is 8. The van der Waals surface area contributed by atoms with E-state index in [1.165, 1.54) is 29.5 Å². The van der Waals surface area contributed by atoms with Crippen molar-refractivity contribution in [3.63, 3.8) is 0 Å². The van der Waals surface area contributed by atoms with E-state index < -0.39 is 0 Å². The SMILES string of the molecule is CCc1cccc2c(C(=O)CSc3nnc(-c4ccc(F)cc4)n3CC3CCCO3)c[nH]c12. The summed E-state index contributed by atoms with van der Waals surface area (Å²) in [5, 5.41) is 10.3. The number of ketones is 1. The van der Waals surface area contributed by atoms with Gasteiger partial charge >= 0.3 is 0 Å². The Morgan fingerprint density at radius 1 is 1.24 bits per heavy atom. The maximum atomic E-state index is 13.4. The number of hydrogen-bond acceptors (Lipinski definition) is 5. The Kier molecular flexibility index (Phi) is 6.28. The number of aryl methyl sites for hydroxylation is 1. The van der Waals surface area contributed by atoms with Crippen LogP contribution in [0.2, 0.25) is 0 Å². The average molecular weight is 465 g/mol. The lowest BCUT2D eigenvalue weighted by atomic mass is 10.1. The molecule has 1 fully saturated rings. The van der Waals surface area contributed by atoms with Gasteiger partial charge in [0.05, 0.1) is 18.4 Å². The van der Waals surface area contributed by atoms with Crippen LogP contribution in [0, 0.1) is 5.82 Å². The van der Waals surface area contributed by atoms with Crippen molar-refractivity contribution in [3.8, 4) is 11.4 Å². The lowest BCUT2D eigenvalue weighted by Crippen LogP contribution is -2.17. The fraction of sp³-hybridized carbons (Fsp3) is 0.320. The molecule has 1 N–H and O–H groups in total. The molecule has 1 aliphatic heterocycles. The number of aromatic amines is 1. The molecule has 33 heavy (non-hydrogen) atoms. The molecule has 3 heterocycles. The molecule has 6 nitrogen and oxygen atoms in total. The molecule has 2 aromatic heterocycles. The van der Waals surface area contributed by atoms with Gasteiger partial charge in [0, 0.05) is 34.8 Å². The van der Waals surface area contributed by atoms with Crippen LogP contribution in [0.5, 0.6) is 0 Å². The molecule has 1 aliphatic rings. The zero-order chi connectivity index (χ0) is 22.8. The molecule has 2 aromatic carbocycles. The van der Waals surface area contributed by atoms with Gasteiger partial charge in [0.2, 0.25) is 0 Å². The number of nitrogens with one attached hydrogen (secondary N) is 1. The number of hydrogen-bond donors (Lipinski definition) is 1. The highest BCUT2D eigenvalue weighted by molar-refractivity contribution is 7.99. The number of fused-ring (bicyclic) bond motifs is 1. The number of thioether (sulfide) groups is 1. The summed E-state index contributed by atoms with van der Waals surface area (Å²) in [6.45, 7) is 3.45. The molecular weight excluding hydrogens is 439 g/mol. The van der Waals surface area contributed by atoms with Gasteiger partial charge in [0.15, 0.2) is 16.8 Å². The van der Waals surface area contributed by atoms with Crippen LogP contribution < -0.4 is 0 Å². The summed E-state index contributed by atoms with van der Waals surface area (Å²) in [5.41, 5.74) is 3.69. The largest absolute Gasteiger partial charge is 0.376 e. The lowest BCUT2D eigenvalue weighted by molar-refractivity contribution is 0.0953. The second kappa shape index (κ2) is 9.49. The number of nitrogens with zero attached hydrogens (tertiary/aromatic N) is 3. The molecule has 0 spiro atoms. The first-order chi connectivity index (χ1) is 16.1. The highest BCUT2D eigenvalue weighted by Crippen LogP contribution is 2.29. The van der Waals surface area contributed by atoms with Crippen LogP contribution in [0.25, 0.3) is 22.3 Å². The van der Waals surface area contributed by atoms with Crippen molar-refractivity contribution >= 4 is 28.4 Å². The minimum atomic E-state index is -0.297. The van der Waals surface area contributed by atoms with Crippen molar-refractivity contribution in [1.29, 1.82) is 0 Å². The van der Waals surface area contributed by atoms with Crippen LogP contribution in [-0.2, 0) is 17.7 Å². The number of Topliss-reactive ketones (excluding diaryl/α,β-unsaturated/α-hetero) is 1. The second-order valence-corrected chi connectivity index (χ2v) is 9.11. The second-order valence-electron chi connectivity index (χ2n) is 8.17. The van der Waals surface area contributed by atoms with Gasteiger partial charge in [-0.1, -0.05) is 36.9 Å². The van der Waals surface area contributed by atoms with Crippen molar-refractivity contribution in [2.45, 2.75) is 44.0 Å². The molecular formula is C25H25FN4O2S. The van der Waals surface area contributed by atoms with Crippen LogP contribution in [0.1, 0.15) is 35.7 Å². The number of carbonyl (C=O) groups is 1. The Labute approximate surface area is 195 Å². The van der Waals surface area contributed by atoms with Crippen LogP contribution in [0.4, 0.5) is 4.39 Å². The Morgan fingerprint density at radius 2 is 2.09 bits per heavy atom. The Hall–Kier alpha value is -2.97. The van der Waals surface area contributed by atoms with Crippen LogP contribution in [0.15, 0.2) is 53.8 Å². The molecule has 4 aromatic rings. The van der Waals surface area contributed by atoms with Crippen LogP contribution in [0.3, 0.4) is 0 Å². The van der Waals surface area contributed by atoms with E-state index in [2.05, 4.69) is 28.2 Å². The Bertz CT molecular complexity index is 1280. The zero-order valence-electron chi connectivity index (χ0n) is 18.4. The molecule has 0 radical (unpaired) electrons. The highest BCUT2D eigenvalue weighted by atomic mass is 32.2. The molecule has 1 atom stereocenters. The van der Waals surface area contributed by atoms with E-state index in [1.807, 2.05) is 16.7 Å². The van der Waals surface area contributed by atoms with E-state index in [-0.39, 0.29) is 23.5 Å². The maximum Gasteiger partial charge on any atom is 0.192 e.